The largest absolute Gasteiger partial charge is 0.489 e. The lowest BCUT2D eigenvalue weighted by molar-refractivity contribution is -0.164. The summed E-state index contributed by atoms with van der Waals surface area (Å²) >= 11 is 6.24. The maximum atomic E-state index is 13.4. The van der Waals surface area contributed by atoms with Crippen LogP contribution >= 0.6 is 11.6 Å². The number of amides is 4. The van der Waals surface area contributed by atoms with E-state index in [0.29, 0.717) is 39.1 Å². The van der Waals surface area contributed by atoms with Gasteiger partial charge < -0.3 is 30.3 Å². The van der Waals surface area contributed by atoms with E-state index >= 15 is 0 Å². The molecule has 5 aliphatic rings. The molecule has 292 valence electrons. The maximum Gasteiger partial charge on any atom is 0.262 e. The number of pyridine rings is 1. The predicted molar refractivity (Wildman–Crippen MR) is 208 cm³/mol. The van der Waals surface area contributed by atoms with Gasteiger partial charge in [-0.15, -0.1) is 0 Å². The molecule has 2 unspecified atom stereocenters. The van der Waals surface area contributed by atoms with Crippen molar-refractivity contribution in [3.05, 3.63) is 82.0 Å². The maximum absolute atomic E-state index is 13.4. The van der Waals surface area contributed by atoms with E-state index in [9.17, 15) is 29.5 Å². The van der Waals surface area contributed by atoms with Crippen LogP contribution in [0.25, 0.3) is 0 Å². The van der Waals surface area contributed by atoms with E-state index < -0.39 is 30.0 Å². The van der Waals surface area contributed by atoms with E-state index in [-0.39, 0.29) is 41.7 Å². The third-order valence-electron chi connectivity index (χ3n) is 12.4. The van der Waals surface area contributed by atoms with Crippen LogP contribution in [0.5, 0.6) is 5.75 Å². The molecule has 2 aromatic carbocycles. The van der Waals surface area contributed by atoms with Crippen LogP contribution in [0.3, 0.4) is 0 Å². The topological polar surface area (TPSA) is 171 Å². The highest BCUT2D eigenvalue weighted by atomic mass is 35.5. The molecule has 2 atom stereocenters. The first-order valence-corrected chi connectivity index (χ1v) is 19.4. The van der Waals surface area contributed by atoms with Crippen molar-refractivity contribution < 1.29 is 29.0 Å². The Morgan fingerprint density at radius 2 is 1.66 bits per heavy atom. The van der Waals surface area contributed by atoms with E-state index in [1.54, 1.807) is 36.5 Å². The Kier molecular flexibility index (Phi) is 9.46. The fraction of sp³-hybridized carbons (Fsp3) is 0.463. The molecule has 1 aromatic heterocycles. The Bertz CT molecular complexity index is 2120. The molecule has 14 nitrogen and oxygen atoms in total. The molecule has 5 heterocycles. The molecule has 4 amide bonds. The minimum absolute atomic E-state index is 0.163. The smallest absolute Gasteiger partial charge is 0.262 e. The number of carbonyl (C=O) groups is 4. The quantitative estimate of drug-likeness (QED) is 0.286. The average molecular weight is 781 g/mol. The van der Waals surface area contributed by atoms with Crippen LogP contribution < -0.4 is 25.2 Å². The number of hydrogen-bond donors (Lipinski definition) is 3. The Hall–Kier alpha value is -5.23. The van der Waals surface area contributed by atoms with Gasteiger partial charge in [0.25, 0.3) is 17.7 Å². The van der Waals surface area contributed by atoms with Crippen LogP contribution in [0, 0.1) is 22.2 Å². The molecule has 3 N–H and O–H groups in total. The van der Waals surface area contributed by atoms with Gasteiger partial charge >= 0.3 is 0 Å². The van der Waals surface area contributed by atoms with Crippen molar-refractivity contribution in [2.75, 3.05) is 49.1 Å². The lowest BCUT2D eigenvalue weighted by Crippen LogP contribution is -2.74. The van der Waals surface area contributed by atoms with E-state index in [1.165, 1.54) is 0 Å². The first-order valence-electron chi connectivity index (χ1n) is 19.0. The molecule has 3 saturated heterocycles. The summed E-state index contributed by atoms with van der Waals surface area (Å²) in [6.45, 7) is 13.2. The Balaban J connectivity index is 0.816. The second-order valence-electron chi connectivity index (χ2n) is 16.6. The number of anilines is 2. The number of ether oxygens (including phenoxy) is 1. The molecule has 0 bridgehead atoms. The van der Waals surface area contributed by atoms with Gasteiger partial charge in [-0.3, -0.25) is 29.0 Å². The number of nitrogens with one attached hydrogen (secondary N) is 2. The third kappa shape index (κ3) is 6.41. The second-order valence-corrected chi connectivity index (χ2v) is 17.0. The molecule has 0 radical (unpaired) electrons. The standard InChI is InChI=1S/C41H45ClN8O6/c1-40(2)38(41(3,4)39(40)56-27-8-5-23(19-43)30(42)18-27)46-34(52)24-6-11-32(44-20-24)48-15-13-47(14-16-48)26-21-49(22-26)25-7-9-28-29(17-25)37(55)50(36(28)54)31-10-12-33(51)45-35(31)53/h5-9,11,17-18,20,26,31,33,38-39,51H,10,12-16,21-22H2,1-4H3,(H,45,53)(H,46,52)/t31?,33?,38-,39-. The van der Waals surface area contributed by atoms with Gasteiger partial charge in [0.2, 0.25) is 5.91 Å². The Morgan fingerprint density at radius 1 is 0.946 bits per heavy atom. The fourth-order valence-electron chi connectivity index (χ4n) is 9.48. The zero-order valence-electron chi connectivity index (χ0n) is 31.8. The van der Waals surface area contributed by atoms with E-state index in [2.05, 4.69) is 64.1 Å². The minimum atomic E-state index is -0.966. The summed E-state index contributed by atoms with van der Waals surface area (Å²) in [6, 6.07) is 15.4. The average Bonchev–Trinajstić information content (AvgIpc) is 3.40. The number of aliphatic hydroxyl groups excluding tert-OH is 1. The van der Waals surface area contributed by atoms with Gasteiger partial charge in [0.1, 0.15) is 36.0 Å². The molecule has 8 rings (SSSR count). The second kappa shape index (κ2) is 14.1. The zero-order valence-corrected chi connectivity index (χ0v) is 32.5. The van der Waals surface area contributed by atoms with Crippen LogP contribution in [0.1, 0.15) is 77.2 Å². The normalized spacial score (nSPS) is 25.8. The zero-order chi connectivity index (χ0) is 39.7. The number of imide groups is 1. The number of hydrogen-bond acceptors (Lipinski definition) is 11. The lowest BCUT2D eigenvalue weighted by Gasteiger charge is -2.63. The van der Waals surface area contributed by atoms with Crippen molar-refractivity contribution in [1.82, 2.24) is 25.4 Å². The first kappa shape index (κ1) is 37.7. The number of aliphatic hydroxyl groups is 1. The highest BCUT2D eigenvalue weighted by molar-refractivity contribution is 6.31. The van der Waals surface area contributed by atoms with Gasteiger partial charge in [-0.05, 0) is 55.3 Å². The highest BCUT2D eigenvalue weighted by Crippen LogP contribution is 2.55. The van der Waals surface area contributed by atoms with Crippen molar-refractivity contribution in [1.29, 1.82) is 5.26 Å². The van der Waals surface area contributed by atoms with E-state index in [4.69, 9.17) is 16.3 Å². The summed E-state index contributed by atoms with van der Waals surface area (Å²) in [6.07, 6.45) is 0.962. The van der Waals surface area contributed by atoms with Crippen LogP contribution in [0.2, 0.25) is 5.02 Å². The molecule has 56 heavy (non-hydrogen) atoms. The molecule has 4 fully saturated rings. The van der Waals surface area contributed by atoms with Gasteiger partial charge in [-0.2, -0.15) is 5.26 Å². The van der Waals surface area contributed by atoms with E-state index in [1.807, 2.05) is 18.2 Å². The van der Waals surface area contributed by atoms with Crippen molar-refractivity contribution >= 4 is 46.7 Å². The van der Waals surface area contributed by atoms with Gasteiger partial charge in [-0.25, -0.2) is 4.98 Å². The van der Waals surface area contributed by atoms with Crippen molar-refractivity contribution in [3.63, 3.8) is 0 Å². The third-order valence-corrected chi connectivity index (χ3v) is 12.7. The lowest BCUT2D eigenvalue weighted by atomic mass is 9.49. The number of carbonyl (C=O) groups excluding carboxylic acids is 4. The summed E-state index contributed by atoms with van der Waals surface area (Å²) < 4.78 is 6.36. The molecule has 1 aliphatic carbocycles. The van der Waals surface area contributed by atoms with Crippen molar-refractivity contribution in [2.45, 2.75) is 71.0 Å². The molecule has 3 aromatic rings. The number of rotatable bonds is 8. The van der Waals surface area contributed by atoms with E-state index in [0.717, 1.165) is 55.7 Å². The summed E-state index contributed by atoms with van der Waals surface area (Å²) in [7, 11) is 0. The van der Waals surface area contributed by atoms with Crippen molar-refractivity contribution in [3.8, 4) is 11.8 Å². The summed E-state index contributed by atoms with van der Waals surface area (Å²) in [4.78, 5) is 64.9. The molecular formula is C41H45ClN8O6. The molecule has 4 aliphatic heterocycles. The van der Waals surface area contributed by atoms with Crippen LogP contribution in [-0.4, -0.2) is 113 Å². The highest BCUT2D eigenvalue weighted by Gasteiger charge is 2.64. The molecule has 0 spiro atoms. The molecule has 1 saturated carbocycles. The predicted octanol–water partition coefficient (Wildman–Crippen LogP) is 3.42. The Morgan fingerprint density at radius 3 is 2.30 bits per heavy atom. The summed E-state index contributed by atoms with van der Waals surface area (Å²) in [5, 5.41) is 24.9. The number of piperidine rings is 1. The number of nitrogens with zero attached hydrogens (tertiary/aromatic N) is 6. The summed E-state index contributed by atoms with van der Waals surface area (Å²) in [5.41, 5.74) is 1.58. The summed E-state index contributed by atoms with van der Waals surface area (Å²) in [5.74, 6) is -0.259. The SMILES string of the molecule is CC1(C)[C@H](NC(=O)c2ccc(N3CCN(C4CN(c5ccc6c(c5)C(=O)N(C5CCC(O)NC5=O)C6=O)C4)CC3)nc2)C(C)(C)[C@H]1Oc1ccc(C#N)c(Cl)c1. The van der Waals surface area contributed by atoms with Crippen molar-refractivity contribution in [2.24, 2.45) is 10.8 Å². The van der Waals surface area contributed by atoms with Gasteiger partial charge in [0.15, 0.2) is 0 Å². The number of benzene rings is 2. The monoisotopic (exact) mass is 780 g/mol. The molecular weight excluding hydrogens is 736 g/mol. The minimum Gasteiger partial charge on any atom is -0.489 e. The van der Waals surface area contributed by atoms with Crippen LogP contribution in [0.15, 0.2) is 54.7 Å². The molecule has 15 heteroatoms. The van der Waals surface area contributed by atoms with Gasteiger partial charge in [-0.1, -0.05) is 39.3 Å². The number of fused-ring (bicyclic) bond motifs is 1. The number of piperazine rings is 1. The fourth-order valence-corrected chi connectivity index (χ4v) is 9.70. The Labute approximate surface area is 330 Å². The first-order chi connectivity index (χ1) is 26.7. The number of nitriles is 1. The van der Waals surface area contributed by atoms with Crippen LogP contribution in [-0.2, 0) is 4.79 Å². The van der Waals surface area contributed by atoms with Gasteiger partial charge in [0, 0.05) is 80.1 Å². The number of halogens is 1. The number of aromatic nitrogens is 1. The van der Waals surface area contributed by atoms with Crippen LogP contribution in [0.4, 0.5) is 11.5 Å². The van der Waals surface area contributed by atoms with Gasteiger partial charge in [0.05, 0.1) is 27.3 Å².